The standard InChI is InChI=1S/C15H13N3O2/c19-14(17-10-11-7-8-16-9-11)5-6-15-18-12-3-1-2-4-13(12)20-15/h1-9,16H,10H2,(H,17,19)/b6-5+. The number of hydrogen-bond donors (Lipinski definition) is 2. The first-order chi connectivity index (χ1) is 9.81. The third-order valence-electron chi connectivity index (χ3n) is 2.82. The van der Waals surface area contributed by atoms with Crippen LogP contribution >= 0.6 is 0 Å². The lowest BCUT2D eigenvalue weighted by atomic mass is 10.3. The van der Waals surface area contributed by atoms with E-state index in [9.17, 15) is 4.79 Å². The number of amides is 1. The Morgan fingerprint density at radius 2 is 2.25 bits per heavy atom. The van der Waals surface area contributed by atoms with Gasteiger partial charge in [0.1, 0.15) is 5.52 Å². The Kier molecular flexibility index (Phi) is 3.33. The smallest absolute Gasteiger partial charge is 0.244 e. The molecular weight excluding hydrogens is 254 g/mol. The zero-order chi connectivity index (χ0) is 13.8. The molecule has 2 aromatic heterocycles. The Hall–Kier alpha value is -2.82. The van der Waals surface area contributed by atoms with Gasteiger partial charge in [-0.25, -0.2) is 4.98 Å². The second-order valence-electron chi connectivity index (χ2n) is 4.29. The van der Waals surface area contributed by atoms with Crippen molar-refractivity contribution < 1.29 is 9.21 Å². The molecule has 20 heavy (non-hydrogen) atoms. The number of para-hydroxylation sites is 2. The van der Waals surface area contributed by atoms with Gasteiger partial charge < -0.3 is 14.7 Å². The number of aromatic nitrogens is 2. The highest BCUT2D eigenvalue weighted by Gasteiger charge is 2.02. The fraction of sp³-hybridized carbons (Fsp3) is 0.0667. The number of nitrogens with zero attached hydrogens (tertiary/aromatic N) is 1. The van der Waals surface area contributed by atoms with Crippen molar-refractivity contribution in [3.05, 3.63) is 60.3 Å². The highest BCUT2D eigenvalue weighted by molar-refractivity contribution is 5.91. The van der Waals surface area contributed by atoms with Crippen molar-refractivity contribution in [3.63, 3.8) is 0 Å². The lowest BCUT2D eigenvalue weighted by molar-refractivity contribution is -0.116. The molecule has 5 nitrogen and oxygen atoms in total. The van der Waals surface area contributed by atoms with Crippen LogP contribution in [0.1, 0.15) is 11.5 Å². The maximum atomic E-state index is 11.6. The van der Waals surface area contributed by atoms with Crippen LogP contribution in [0.3, 0.4) is 0 Å². The van der Waals surface area contributed by atoms with Crippen molar-refractivity contribution in [2.45, 2.75) is 6.54 Å². The van der Waals surface area contributed by atoms with E-state index >= 15 is 0 Å². The summed E-state index contributed by atoms with van der Waals surface area (Å²) in [4.78, 5) is 18.8. The first kappa shape index (κ1) is 12.2. The molecule has 0 fully saturated rings. The zero-order valence-corrected chi connectivity index (χ0v) is 10.7. The van der Waals surface area contributed by atoms with Crippen molar-refractivity contribution in [2.24, 2.45) is 0 Å². The quantitative estimate of drug-likeness (QED) is 0.713. The fourth-order valence-corrected chi connectivity index (χ4v) is 1.82. The lowest BCUT2D eigenvalue weighted by Crippen LogP contribution is -2.19. The second kappa shape index (κ2) is 5.44. The number of benzene rings is 1. The predicted molar refractivity (Wildman–Crippen MR) is 75.7 cm³/mol. The van der Waals surface area contributed by atoms with E-state index in [0.29, 0.717) is 18.0 Å². The molecule has 1 amide bonds. The lowest BCUT2D eigenvalue weighted by Gasteiger charge is -1.98. The Labute approximate surface area is 115 Å². The monoisotopic (exact) mass is 267 g/mol. The predicted octanol–water partition coefficient (Wildman–Crippen LogP) is 2.49. The van der Waals surface area contributed by atoms with Gasteiger partial charge in [0.25, 0.3) is 0 Å². The van der Waals surface area contributed by atoms with E-state index in [1.54, 1.807) is 6.08 Å². The normalized spacial score (nSPS) is 11.2. The van der Waals surface area contributed by atoms with Crippen LogP contribution in [0.5, 0.6) is 0 Å². The minimum atomic E-state index is -0.187. The van der Waals surface area contributed by atoms with Gasteiger partial charge in [-0.3, -0.25) is 4.79 Å². The summed E-state index contributed by atoms with van der Waals surface area (Å²) in [5.74, 6) is 0.233. The van der Waals surface area contributed by atoms with Gasteiger partial charge in [0.15, 0.2) is 5.58 Å². The Morgan fingerprint density at radius 1 is 1.35 bits per heavy atom. The molecule has 5 heteroatoms. The van der Waals surface area contributed by atoms with E-state index in [2.05, 4.69) is 15.3 Å². The van der Waals surface area contributed by atoms with Crippen LogP contribution in [0.15, 0.2) is 53.2 Å². The van der Waals surface area contributed by atoms with Crippen LogP contribution in [0.2, 0.25) is 0 Å². The van der Waals surface area contributed by atoms with E-state index < -0.39 is 0 Å². The minimum Gasteiger partial charge on any atom is -0.437 e. The van der Waals surface area contributed by atoms with Crippen LogP contribution in [-0.2, 0) is 11.3 Å². The number of carbonyl (C=O) groups is 1. The first-order valence-electron chi connectivity index (χ1n) is 6.24. The number of rotatable bonds is 4. The fourth-order valence-electron chi connectivity index (χ4n) is 1.82. The molecule has 2 heterocycles. The number of H-pyrrole nitrogens is 1. The summed E-state index contributed by atoms with van der Waals surface area (Å²) in [5.41, 5.74) is 2.51. The third-order valence-corrected chi connectivity index (χ3v) is 2.82. The van der Waals surface area contributed by atoms with E-state index in [1.165, 1.54) is 6.08 Å². The molecule has 0 saturated heterocycles. The molecule has 0 unspecified atom stereocenters. The summed E-state index contributed by atoms with van der Waals surface area (Å²) in [6.45, 7) is 0.486. The molecule has 0 spiro atoms. The Morgan fingerprint density at radius 3 is 3.05 bits per heavy atom. The molecule has 0 saturated carbocycles. The summed E-state index contributed by atoms with van der Waals surface area (Å²) < 4.78 is 5.49. The van der Waals surface area contributed by atoms with Gasteiger partial charge in [-0.15, -0.1) is 0 Å². The van der Waals surface area contributed by atoms with Crippen molar-refractivity contribution in [2.75, 3.05) is 0 Å². The summed E-state index contributed by atoms with van der Waals surface area (Å²) in [6.07, 6.45) is 6.63. The van der Waals surface area contributed by atoms with Gasteiger partial charge in [-0.05, 0) is 23.8 Å². The average Bonchev–Trinajstić information content (AvgIpc) is 3.11. The number of nitrogens with one attached hydrogen (secondary N) is 2. The molecule has 0 bridgehead atoms. The minimum absolute atomic E-state index is 0.187. The maximum Gasteiger partial charge on any atom is 0.244 e. The average molecular weight is 267 g/mol. The highest BCUT2D eigenvalue weighted by atomic mass is 16.3. The molecule has 0 aliphatic heterocycles. The molecular formula is C15H13N3O2. The summed E-state index contributed by atoms with van der Waals surface area (Å²) in [5, 5.41) is 2.77. The number of oxazole rings is 1. The van der Waals surface area contributed by atoms with E-state index in [4.69, 9.17) is 4.42 Å². The molecule has 100 valence electrons. The molecule has 0 aliphatic rings. The van der Waals surface area contributed by atoms with Crippen molar-refractivity contribution in [1.82, 2.24) is 15.3 Å². The van der Waals surface area contributed by atoms with Gasteiger partial charge in [0.2, 0.25) is 11.8 Å². The van der Waals surface area contributed by atoms with Crippen LogP contribution < -0.4 is 5.32 Å². The SMILES string of the molecule is O=C(/C=C/c1nc2ccccc2o1)NCc1cc[nH]c1. The van der Waals surface area contributed by atoms with Gasteiger partial charge in [-0.1, -0.05) is 12.1 Å². The van der Waals surface area contributed by atoms with Crippen molar-refractivity contribution in [1.29, 1.82) is 0 Å². The van der Waals surface area contributed by atoms with E-state index in [-0.39, 0.29) is 5.91 Å². The Balaban J connectivity index is 1.62. The first-order valence-corrected chi connectivity index (χ1v) is 6.24. The molecule has 2 N–H and O–H groups in total. The topological polar surface area (TPSA) is 70.9 Å². The number of hydrogen-bond acceptors (Lipinski definition) is 3. The largest absolute Gasteiger partial charge is 0.437 e. The third kappa shape index (κ3) is 2.77. The van der Waals surface area contributed by atoms with Gasteiger partial charge in [0, 0.05) is 31.1 Å². The molecule has 0 radical (unpaired) electrons. The van der Waals surface area contributed by atoms with Crippen LogP contribution in [0.25, 0.3) is 17.2 Å². The van der Waals surface area contributed by atoms with E-state index in [0.717, 1.165) is 11.1 Å². The van der Waals surface area contributed by atoms with Gasteiger partial charge in [0.05, 0.1) is 0 Å². The Bertz CT molecular complexity index is 708. The van der Waals surface area contributed by atoms with Crippen LogP contribution in [0, 0.1) is 0 Å². The summed E-state index contributed by atoms with van der Waals surface area (Å²) >= 11 is 0. The molecule has 0 atom stereocenters. The summed E-state index contributed by atoms with van der Waals surface area (Å²) in [7, 11) is 0. The van der Waals surface area contributed by atoms with Crippen molar-refractivity contribution in [3.8, 4) is 0 Å². The molecule has 3 aromatic rings. The number of carbonyl (C=O) groups excluding carboxylic acids is 1. The number of fused-ring (bicyclic) bond motifs is 1. The van der Waals surface area contributed by atoms with Crippen LogP contribution in [-0.4, -0.2) is 15.9 Å². The van der Waals surface area contributed by atoms with Gasteiger partial charge in [-0.2, -0.15) is 0 Å². The number of aromatic amines is 1. The van der Waals surface area contributed by atoms with E-state index in [1.807, 2.05) is 42.7 Å². The highest BCUT2D eigenvalue weighted by Crippen LogP contribution is 2.15. The second-order valence-corrected chi connectivity index (χ2v) is 4.29. The van der Waals surface area contributed by atoms with Crippen LogP contribution in [0.4, 0.5) is 0 Å². The molecule has 1 aromatic carbocycles. The van der Waals surface area contributed by atoms with Gasteiger partial charge >= 0.3 is 0 Å². The zero-order valence-electron chi connectivity index (χ0n) is 10.7. The maximum absolute atomic E-state index is 11.6. The van der Waals surface area contributed by atoms with Crippen molar-refractivity contribution >= 4 is 23.1 Å². The molecule has 3 rings (SSSR count). The molecule has 0 aliphatic carbocycles. The summed E-state index contributed by atoms with van der Waals surface area (Å²) in [6, 6.07) is 9.38.